The van der Waals surface area contributed by atoms with Crippen molar-refractivity contribution < 1.29 is 4.79 Å². The highest BCUT2D eigenvalue weighted by Crippen LogP contribution is 2.32. The van der Waals surface area contributed by atoms with E-state index in [-0.39, 0.29) is 0 Å². The molecule has 0 amide bonds. The fourth-order valence-electron chi connectivity index (χ4n) is 2.41. The number of hydrogen-bond donors (Lipinski definition) is 0. The standard InChI is InChI=1S/C13H17NO/c1-10-7-12(9-15)13(14-8-10)11-5-3-2-4-6-11/h7-9,11H,2-6H2,1H3. The Morgan fingerprint density at radius 1 is 1.33 bits per heavy atom. The van der Waals surface area contributed by atoms with E-state index in [0.717, 1.165) is 23.1 Å². The van der Waals surface area contributed by atoms with Crippen molar-refractivity contribution in [3.63, 3.8) is 0 Å². The van der Waals surface area contributed by atoms with Gasteiger partial charge in [-0.2, -0.15) is 0 Å². The third-order valence-electron chi connectivity index (χ3n) is 3.21. The van der Waals surface area contributed by atoms with E-state index in [0.29, 0.717) is 5.92 Å². The van der Waals surface area contributed by atoms with E-state index in [2.05, 4.69) is 4.98 Å². The molecule has 1 heterocycles. The van der Waals surface area contributed by atoms with Crippen LogP contribution in [-0.4, -0.2) is 11.3 Å². The Hall–Kier alpha value is -1.18. The molecule has 1 saturated carbocycles. The van der Waals surface area contributed by atoms with Gasteiger partial charge in [-0.15, -0.1) is 0 Å². The topological polar surface area (TPSA) is 30.0 Å². The second-order valence-corrected chi connectivity index (χ2v) is 4.44. The SMILES string of the molecule is Cc1cnc(C2CCCCC2)c(C=O)c1. The van der Waals surface area contributed by atoms with Gasteiger partial charge in [0.25, 0.3) is 0 Å². The van der Waals surface area contributed by atoms with Crippen molar-refractivity contribution >= 4 is 6.29 Å². The van der Waals surface area contributed by atoms with E-state index in [1.807, 2.05) is 19.2 Å². The summed E-state index contributed by atoms with van der Waals surface area (Å²) in [7, 11) is 0. The van der Waals surface area contributed by atoms with Crippen molar-refractivity contribution in [2.24, 2.45) is 0 Å². The largest absolute Gasteiger partial charge is 0.298 e. The lowest BCUT2D eigenvalue weighted by atomic mass is 9.85. The quantitative estimate of drug-likeness (QED) is 0.690. The lowest BCUT2D eigenvalue weighted by Gasteiger charge is -2.22. The first kappa shape index (κ1) is 10.3. The number of carbonyl (C=O) groups is 1. The van der Waals surface area contributed by atoms with E-state index >= 15 is 0 Å². The van der Waals surface area contributed by atoms with Crippen LogP contribution in [0.3, 0.4) is 0 Å². The number of carbonyl (C=O) groups excluding carboxylic acids is 1. The Morgan fingerprint density at radius 3 is 2.73 bits per heavy atom. The first-order valence-corrected chi connectivity index (χ1v) is 5.73. The molecule has 80 valence electrons. The molecule has 0 N–H and O–H groups in total. The van der Waals surface area contributed by atoms with Gasteiger partial charge in [0, 0.05) is 17.7 Å². The highest BCUT2D eigenvalue weighted by Gasteiger charge is 2.19. The van der Waals surface area contributed by atoms with Crippen LogP contribution in [-0.2, 0) is 0 Å². The number of nitrogens with zero attached hydrogens (tertiary/aromatic N) is 1. The van der Waals surface area contributed by atoms with Crippen molar-refractivity contribution in [2.75, 3.05) is 0 Å². The predicted octanol–water partition coefficient (Wildman–Crippen LogP) is 3.25. The Morgan fingerprint density at radius 2 is 2.07 bits per heavy atom. The molecule has 1 aliphatic carbocycles. The smallest absolute Gasteiger partial charge is 0.151 e. The minimum atomic E-state index is 0.513. The third-order valence-corrected chi connectivity index (χ3v) is 3.21. The minimum absolute atomic E-state index is 0.513. The highest BCUT2D eigenvalue weighted by molar-refractivity contribution is 5.77. The van der Waals surface area contributed by atoms with Crippen molar-refractivity contribution in [3.8, 4) is 0 Å². The zero-order valence-electron chi connectivity index (χ0n) is 9.20. The van der Waals surface area contributed by atoms with Crippen LogP contribution in [0, 0.1) is 6.92 Å². The summed E-state index contributed by atoms with van der Waals surface area (Å²) in [6.07, 6.45) is 9.09. The fraction of sp³-hybridized carbons (Fsp3) is 0.538. The molecule has 2 heteroatoms. The molecule has 0 aromatic carbocycles. The molecule has 2 rings (SSSR count). The molecule has 0 unspecified atom stereocenters. The van der Waals surface area contributed by atoms with Crippen LogP contribution in [0.15, 0.2) is 12.3 Å². The van der Waals surface area contributed by atoms with Crippen molar-refractivity contribution in [3.05, 3.63) is 29.1 Å². The van der Waals surface area contributed by atoms with E-state index in [9.17, 15) is 4.79 Å². The summed E-state index contributed by atoms with van der Waals surface area (Å²) in [5.41, 5.74) is 2.88. The fourth-order valence-corrected chi connectivity index (χ4v) is 2.41. The first-order chi connectivity index (χ1) is 7.31. The van der Waals surface area contributed by atoms with E-state index in [4.69, 9.17) is 0 Å². The summed E-state index contributed by atoms with van der Waals surface area (Å²) >= 11 is 0. The summed E-state index contributed by atoms with van der Waals surface area (Å²) in [5.74, 6) is 0.513. The summed E-state index contributed by atoms with van der Waals surface area (Å²) in [4.78, 5) is 15.4. The van der Waals surface area contributed by atoms with Gasteiger partial charge in [-0.3, -0.25) is 9.78 Å². The maximum absolute atomic E-state index is 11.0. The van der Waals surface area contributed by atoms with Gasteiger partial charge in [-0.1, -0.05) is 19.3 Å². The molecule has 1 aliphatic rings. The van der Waals surface area contributed by atoms with Crippen LogP contribution >= 0.6 is 0 Å². The van der Waals surface area contributed by atoms with Crippen LogP contribution in [0.1, 0.15) is 59.6 Å². The molecular weight excluding hydrogens is 186 g/mol. The normalized spacial score (nSPS) is 17.7. The predicted molar refractivity (Wildman–Crippen MR) is 60.2 cm³/mol. The number of pyridine rings is 1. The minimum Gasteiger partial charge on any atom is -0.298 e. The average molecular weight is 203 g/mol. The van der Waals surface area contributed by atoms with E-state index in [1.165, 1.54) is 32.1 Å². The van der Waals surface area contributed by atoms with Gasteiger partial charge in [0.05, 0.1) is 5.69 Å². The van der Waals surface area contributed by atoms with Crippen molar-refractivity contribution in [1.82, 2.24) is 4.98 Å². The van der Waals surface area contributed by atoms with Gasteiger partial charge in [-0.25, -0.2) is 0 Å². The van der Waals surface area contributed by atoms with Crippen LogP contribution < -0.4 is 0 Å². The van der Waals surface area contributed by atoms with Gasteiger partial charge < -0.3 is 0 Å². The van der Waals surface area contributed by atoms with Crippen LogP contribution in [0.25, 0.3) is 0 Å². The molecule has 0 spiro atoms. The monoisotopic (exact) mass is 203 g/mol. The zero-order valence-corrected chi connectivity index (χ0v) is 9.20. The summed E-state index contributed by atoms with van der Waals surface area (Å²) in [5, 5.41) is 0. The number of aryl methyl sites for hydroxylation is 1. The van der Waals surface area contributed by atoms with Crippen molar-refractivity contribution in [2.45, 2.75) is 44.9 Å². The maximum atomic E-state index is 11.0. The maximum Gasteiger partial charge on any atom is 0.151 e. The molecule has 0 radical (unpaired) electrons. The third kappa shape index (κ3) is 2.25. The van der Waals surface area contributed by atoms with Crippen LogP contribution in [0.5, 0.6) is 0 Å². The first-order valence-electron chi connectivity index (χ1n) is 5.73. The summed E-state index contributed by atoms with van der Waals surface area (Å²) in [6, 6.07) is 1.95. The van der Waals surface area contributed by atoms with Gasteiger partial charge >= 0.3 is 0 Å². The van der Waals surface area contributed by atoms with Gasteiger partial charge in [0.15, 0.2) is 6.29 Å². The highest BCUT2D eigenvalue weighted by atomic mass is 16.1. The zero-order chi connectivity index (χ0) is 10.7. The molecule has 1 aromatic rings. The Balaban J connectivity index is 2.29. The number of rotatable bonds is 2. The molecule has 0 aliphatic heterocycles. The Bertz CT molecular complexity index is 354. The Kier molecular flexibility index (Phi) is 3.14. The van der Waals surface area contributed by atoms with E-state index in [1.54, 1.807) is 0 Å². The van der Waals surface area contributed by atoms with Crippen LogP contribution in [0.4, 0.5) is 0 Å². The van der Waals surface area contributed by atoms with Gasteiger partial charge in [0.1, 0.15) is 0 Å². The summed E-state index contributed by atoms with van der Waals surface area (Å²) < 4.78 is 0. The second-order valence-electron chi connectivity index (χ2n) is 4.44. The number of aromatic nitrogens is 1. The molecule has 0 saturated heterocycles. The molecule has 0 atom stereocenters. The van der Waals surface area contributed by atoms with Crippen LogP contribution in [0.2, 0.25) is 0 Å². The van der Waals surface area contributed by atoms with Gasteiger partial charge in [-0.05, 0) is 31.4 Å². The number of hydrogen-bond acceptors (Lipinski definition) is 2. The van der Waals surface area contributed by atoms with Crippen molar-refractivity contribution in [1.29, 1.82) is 0 Å². The Labute approximate surface area is 90.7 Å². The summed E-state index contributed by atoms with van der Waals surface area (Å²) in [6.45, 7) is 1.98. The molecule has 0 bridgehead atoms. The number of aldehydes is 1. The molecule has 2 nitrogen and oxygen atoms in total. The lowest BCUT2D eigenvalue weighted by Crippen LogP contribution is -2.09. The molecule has 1 aromatic heterocycles. The van der Waals surface area contributed by atoms with Gasteiger partial charge in [0.2, 0.25) is 0 Å². The average Bonchev–Trinajstić information content (AvgIpc) is 2.30. The molecule has 15 heavy (non-hydrogen) atoms. The molecule has 1 fully saturated rings. The van der Waals surface area contributed by atoms with E-state index < -0.39 is 0 Å². The second kappa shape index (κ2) is 4.56. The molecular formula is C13H17NO. The lowest BCUT2D eigenvalue weighted by molar-refractivity contribution is 0.112.